The number of hydrogen-bond donors (Lipinski definition) is 1. The molecule has 0 radical (unpaired) electrons. The second-order valence-corrected chi connectivity index (χ2v) is 8.50. The van der Waals surface area contributed by atoms with Gasteiger partial charge in [-0.2, -0.15) is 5.10 Å². The lowest BCUT2D eigenvalue weighted by molar-refractivity contribution is -0.113. The van der Waals surface area contributed by atoms with Crippen molar-refractivity contribution in [1.82, 2.24) is 15.1 Å². The molecule has 0 aliphatic carbocycles. The summed E-state index contributed by atoms with van der Waals surface area (Å²) in [6.45, 7) is 4.45. The number of carbonyl (C=O) groups is 1. The molecule has 164 valence electrons. The minimum atomic E-state index is -0.379. The number of halogens is 2. The van der Waals surface area contributed by atoms with Gasteiger partial charge in [-0.3, -0.25) is 14.4 Å². The van der Waals surface area contributed by atoms with Crippen LogP contribution in [0.15, 0.2) is 52.6 Å². The Bertz CT molecular complexity index is 1250. The van der Waals surface area contributed by atoms with E-state index in [4.69, 9.17) is 17.0 Å². The zero-order valence-electron chi connectivity index (χ0n) is 17.6. The third-order valence-electron chi connectivity index (χ3n) is 5.19. The zero-order valence-corrected chi connectivity index (χ0v) is 20.1. The Kier molecular flexibility index (Phi) is 6.12. The van der Waals surface area contributed by atoms with E-state index in [0.29, 0.717) is 17.9 Å². The Balaban J connectivity index is 1.64. The maximum atomic E-state index is 13.3. The molecule has 0 unspecified atom stereocenters. The summed E-state index contributed by atoms with van der Waals surface area (Å²) in [7, 11) is 1.62. The van der Waals surface area contributed by atoms with Crippen LogP contribution >= 0.6 is 28.1 Å². The molecule has 0 atom stereocenters. The van der Waals surface area contributed by atoms with Crippen molar-refractivity contribution in [3.05, 3.63) is 81.0 Å². The molecular formula is C23H20BrFN4O2S. The number of ether oxygens (including phenoxy) is 1. The molecule has 1 aliphatic heterocycles. The molecule has 9 heteroatoms. The van der Waals surface area contributed by atoms with Crippen LogP contribution in [-0.2, 0) is 11.3 Å². The second kappa shape index (κ2) is 8.84. The number of aryl methyl sites for hydroxylation is 1. The number of benzene rings is 2. The van der Waals surface area contributed by atoms with Gasteiger partial charge in [-0.15, -0.1) is 0 Å². The van der Waals surface area contributed by atoms with Gasteiger partial charge in [0.2, 0.25) is 0 Å². The third kappa shape index (κ3) is 4.18. The monoisotopic (exact) mass is 514 g/mol. The van der Waals surface area contributed by atoms with E-state index in [0.717, 1.165) is 32.7 Å². The van der Waals surface area contributed by atoms with E-state index < -0.39 is 0 Å². The number of hydrogen-bond acceptors (Lipinski definition) is 4. The molecule has 1 N–H and O–H groups in total. The number of methoxy groups -OCH3 is 1. The highest BCUT2D eigenvalue weighted by Crippen LogP contribution is 2.27. The number of amides is 1. The molecule has 0 saturated carbocycles. The summed E-state index contributed by atoms with van der Waals surface area (Å²) < 4.78 is 21.7. The molecule has 1 amide bonds. The summed E-state index contributed by atoms with van der Waals surface area (Å²) >= 11 is 8.89. The van der Waals surface area contributed by atoms with Gasteiger partial charge < -0.3 is 10.1 Å². The maximum Gasteiger partial charge on any atom is 0.281 e. The number of thiocarbonyl (C=S) groups is 1. The van der Waals surface area contributed by atoms with E-state index in [1.807, 2.05) is 36.7 Å². The van der Waals surface area contributed by atoms with Crippen molar-refractivity contribution >= 4 is 50.9 Å². The molecule has 1 aliphatic rings. The number of nitrogens with one attached hydrogen (secondary N) is 1. The minimum absolute atomic E-state index is 0.245. The number of rotatable bonds is 5. The molecule has 1 saturated heterocycles. The van der Waals surface area contributed by atoms with Crippen LogP contribution in [-0.4, -0.2) is 27.9 Å². The molecule has 1 fully saturated rings. The van der Waals surface area contributed by atoms with Crippen LogP contribution in [0.25, 0.3) is 6.08 Å². The first kappa shape index (κ1) is 22.2. The van der Waals surface area contributed by atoms with Gasteiger partial charge in [0.15, 0.2) is 5.11 Å². The summed E-state index contributed by atoms with van der Waals surface area (Å²) in [4.78, 5) is 14.3. The van der Waals surface area contributed by atoms with Gasteiger partial charge in [-0.1, -0.05) is 6.07 Å². The summed E-state index contributed by atoms with van der Waals surface area (Å²) in [6, 6.07) is 11.3. The highest BCUT2D eigenvalue weighted by atomic mass is 79.9. The quantitative estimate of drug-likeness (QED) is 0.394. The maximum absolute atomic E-state index is 13.3. The number of carbonyl (C=O) groups excluding carboxylic acids is 1. The van der Waals surface area contributed by atoms with Crippen molar-refractivity contribution in [2.75, 3.05) is 12.0 Å². The van der Waals surface area contributed by atoms with Crippen molar-refractivity contribution in [3.63, 3.8) is 0 Å². The van der Waals surface area contributed by atoms with Gasteiger partial charge in [0.25, 0.3) is 5.91 Å². The minimum Gasteiger partial charge on any atom is -0.496 e. The lowest BCUT2D eigenvalue weighted by Gasteiger charge is -2.13. The van der Waals surface area contributed by atoms with Crippen LogP contribution in [0.4, 0.5) is 10.1 Å². The van der Waals surface area contributed by atoms with Crippen LogP contribution in [0, 0.1) is 19.7 Å². The van der Waals surface area contributed by atoms with Gasteiger partial charge in [0.1, 0.15) is 17.3 Å². The van der Waals surface area contributed by atoms with E-state index in [1.54, 1.807) is 13.2 Å². The number of nitrogens with zero attached hydrogens (tertiary/aromatic N) is 3. The summed E-state index contributed by atoms with van der Waals surface area (Å²) in [5.74, 6) is 0.0434. The van der Waals surface area contributed by atoms with Crippen molar-refractivity contribution in [2.45, 2.75) is 20.4 Å². The van der Waals surface area contributed by atoms with Gasteiger partial charge in [-0.25, -0.2) is 4.39 Å². The molecule has 4 rings (SSSR count). The van der Waals surface area contributed by atoms with Crippen molar-refractivity contribution in [2.24, 2.45) is 0 Å². The topological polar surface area (TPSA) is 59.4 Å². The molecule has 32 heavy (non-hydrogen) atoms. The average Bonchev–Trinajstić information content (AvgIpc) is 3.18. The fourth-order valence-electron chi connectivity index (χ4n) is 3.53. The Morgan fingerprint density at radius 2 is 1.94 bits per heavy atom. The second-order valence-electron chi connectivity index (χ2n) is 7.32. The standard InChI is InChI=1S/C23H20BrFN4O2S/c1-13-21(24)14(2)28(27-13)12-16-10-15(4-9-20(16)31-3)11-19-22(30)29(23(32)26-19)18-7-5-17(25)6-8-18/h4-11H,12H2,1-3H3,(H,26,32)/b19-11+. The predicted molar refractivity (Wildman–Crippen MR) is 129 cm³/mol. The van der Waals surface area contributed by atoms with Crippen molar-refractivity contribution in [1.29, 1.82) is 0 Å². The summed E-state index contributed by atoms with van der Waals surface area (Å²) in [5.41, 5.74) is 4.49. The first-order valence-electron chi connectivity index (χ1n) is 9.77. The Morgan fingerprint density at radius 3 is 2.56 bits per heavy atom. The van der Waals surface area contributed by atoms with E-state index in [2.05, 4.69) is 26.3 Å². The Morgan fingerprint density at radius 1 is 1.22 bits per heavy atom. The van der Waals surface area contributed by atoms with Crippen LogP contribution in [0.3, 0.4) is 0 Å². The average molecular weight is 515 g/mol. The van der Waals surface area contributed by atoms with E-state index in [9.17, 15) is 9.18 Å². The predicted octanol–water partition coefficient (Wildman–Crippen LogP) is 4.72. The number of aromatic nitrogens is 2. The summed E-state index contributed by atoms with van der Waals surface area (Å²) in [5, 5.41) is 7.76. The molecule has 1 aromatic heterocycles. The van der Waals surface area contributed by atoms with E-state index >= 15 is 0 Å². The van der Waals surface area contributed by atoms with E-state index in [-0.39, 0.29) is 16.8 Å². The van der Waals surface area contributed by atoms with E-state index in [1.165, 1.54) is 29.2 Å². The van der Waals surface area contributed by atoms with Crippen molar-refractivity contribution < 1.29 is 13.9 Å². The highest BCUT2D eigenvalue weighted by Gasteiger charge is 2.32. The van der Waals surface area contributed by atoms with Gasteiger partial charge in [0, 0.05) is 5.56 Å². The van der Waals surface area contributed by atoms with Crippen LogP contribution in [0.1, 0.15) is 22.5 Å². The van der Waals surface area contributed by atoms with Gasteiger partial charge >= 0.3 is 0 Å². The van der Waals surface area contributed by atoms with Crippen LogP contribution in [0.2, 0.25) is 0 Å². The molecule has 3 aromatic rings. The first-order valence-corrected chi connectivity index (χ1v) is 11.0. The fraction of sp³-hybridized carbons (Fsp3) is 0.174. The Labute approximate surface area is 198 Å². The van der Waals surface area contributed by atoms with Gasteiger partial charge in [-0.05, 0) is 90.0 Å². The normalized spacial score (nSPS) is 14.9. The van der Waals surface area contributed by atoms with Crippen LogP contribution in [0.5, 0.6) is 5.75 Å². The third-order valence-corrected chi connectivity index (χ3v) is 6.62. The molecule has 0 bridgehead atoms. The zero-order chi connectivity index (χ0) is 23.0. The lowest BCUT2D eigenvalue weighted by atomic mass is 10.1. The van der Waals surface area contributed by atoms with Crippen LogP contribution < -0.4 is 15.0 Å². The first-order chi connectivity index (χ1) is 15.3. The molecular weight excluding hydrogens is 495 g/mol. The largest absolute Gasteiger partial charge is 0.496 e. The molecule has 2 aromatic carbocycles. The molecule has 2 heterocycles. The SMILES string of the molecule is COc1ccc(/C=C2/NC(=S)N(c3ccc(F)cc3)C2=O)cc1Cn1nc(C)c(Br)c1C. The van der Waals surface area contributed by atoms with Crippen molar-refractivity contribution in [3.8, 4) is 5.75 Å². The molecule has 6 nitrogen and oxygen atoms in total. The highest BCUT2D eigenvalue weighted by molar-refractivity contribution is 9.10. The van der Waals surface area contributed by atoms with Gasteiger partial charge in [0.05, 0.1) is 35.2 Å². The fourth-order valence-corrected chi connectivity index (χ4v) is 4.11. The number of anilines is 1. The summed E-state index contributed by atoms with van der Waals surface area (Å²) in [6.07, 6.45) is 1.73. The molecule has 0 spiro atoms. The smallest absolute Gasteiger partial charge is 0.281 e. The lowest BCUT2D eigenvalue weighted by Crippen LogP contribution is -2.30. The Hall–Kier alpha value is -3.04.